The van der Waals surface area contributed by atoms with Gasteiger partial charge in [-0.25, -0.2) is 4.39 Å². The lowest BCUT2D eigenvalue weighted by Crippen LogP contribution is -2.35. The number of likely N-dealkylation sites (tertiary alicyclic amines) is 1. The van der Waals surface area contributed by atoms with Gasteiger partial charge in [-0.2, -0.15) is 0 Å². The number of carbonyl (C=O) groups excluding carboxylic acids is 1. The minimum absolute atomic E-state index is 0.0653. The van der Waals surface area contributed by atoms with E-state index in [0.29, 0.717) is 21.5 Å². The number of rotatable bonds is 5. The first kappa shape index (κ1) is 15.0. The van der Waals surface area contributed by atoms with Crippen LogP contribution in [0.3, 0.4) is 0 Å². The molecule has 1 N–H and O–H groups in total. The molecule has 2 atom stereocenters. The summed E-state index contributed by atoms with van der Waals surface area (Å²) in [6.07, 6.45) is 1.40. The number of nitrogens with zero attached hydrogens (tertiary/aromatic N) is 1. The van der Waals surface area contributed by atoms with E-state index < -0.39 is 0 Å². The molecule has 0 aromatic heterocycles. The molecule has 1 aromatic rings. The van der Waals surface area contributed by atoms with E-state index in [0.717, 1.165) is 23.0 Å². The van der Waals surface area contributed by atoms with Crippen LogP contribution < -0.4 is 10.6 Å². The molecule has 3 nitrogen and oxygen atoms in total. The van der Waals surface area contributed by atoms with E-state index in [1.165, 1.54) is 6.07 Å². The van der Waals surface area contributed by atoms with E-state index in [2.05, 4.69) is 11.9 Å². The Bertz CT molecular complexity index is 533. The summed E-state index contributed by atoms with van der Waals surface area (Å²) in [6.45, 7) is 6.69. The summed E-state index contributed by atoms with van der Waals surface area (Å²) < 4.78 is 13.2. The fourth-order valence-electron chi connectivity index (χ4n) is 2.47. The van der Waals surface area contributed by atoms with Crippen molar-refractivity contribution in [1.82, 2.24) is 10.2 Å². The third kappa shape index (κ3) is 3.18. The van der Waals surface area contributed by atoms with Crippen LogP contribution in [-0.4, -0.2) is 30.6 Å². The second-order valence-corrected chi connectivity index (χ2v) is 6.03. The highest BCUT2D eigenvalue weighted by molar-refractivity contribution is 7.46. The van der Waals surface area contributed by atoms with Crippen LogP contribution in [0.15, 0.2) is 30.5 Å². The highest BCUT2D eigenvalue weighted by atomic mass is 31.1. The standard InChI is InChI=1S/C15H20FN2OP/c1-10(13-6-7-15(19)18(13)2)17-9-11-4-5-12(16)8-14(11)20-3/h4-5,8,13,17,20H,1,6-7,9H2,2-3H3. The average molecular weight is 294 g/mol. The molecule has 1 amide bonds. The second kappa shape index (κ2) is 6.36. The lowest BCUT2D eigenvalue weighted by atomic mass is 10.1. The van der Waals surface area contributed by atoms with Crippen LogP contribution >= 0.6 is 8.58 Å². The first-order valence-corrected chi connectivity index (χ1v) is 8.17. The summed E-state index contributed by atoms with van der Waals surface area (Å²) in [5, 5.41) is 4.31. The van der Waals surface area contributed by atoms with Crippen LogP contribution in [0, 0.1) is 5.82 Å². The summed E-state index contributed by atoms with van der Waals surface area (Å²) in [7, 11) is 2.36. The van der Waals surface area contributed by atoms with Gasteiger partial charge in [-0.3, -0.25) is 4.79 Å². The van der Waals surface area contributed by atoms with Crippen LogP contribution in [0.2, 0.25) is 0 Å². The van der Waals surface area contributed by atoms with Crippen molar-refractivity contribution in [1.29, 1.82) is 0 Å². The van der Waals surface area contributed by atoms with Crippen molar-refractivity contribution in [3.05, 3.63) is 41.9 Å². The Balaban J connectivity index is 1.99. The molecule has 0 saturated carbocycles. The third-order valence-electron chi connectivity index (χ3n) is 3.74. The molecule has 0 spiro atoms. The van der Waals surface area contributed by atoms with Crippen LogP contribution in [-0.2, 0) is 11.3 Å². The van der Waals surface area contributed by atoms with Gasteiger partial charge in [0.05, 0.1) is 6.04 Å². The van der Waals surface area contributed by atoms with E-state index >= 15 is 0 Å². The fourth-order valence-corrected chi connectivity index (χ4v) is 3.25. The van der Waals surface area contributed by atoms with Gasteiger partial charge in [0.1, 0.15) is 5.82 Å². The number of benzene rings is 1. The Morgan fingerprint density at radius 1 is 1.60 bits per heavy atom. The third-order valence-corrected chi connectivity index (χ3v) is 4.75. The SMILES string of the molecule is C=C(NCc1ccc(F)cc1PC)C1CCC(=O)N1C. The Hall–Kier alpha value is -1.41. The maximum atomic E-state index is 13.2. The predicted molar refractivity (Wildman–Crippen MR) is 82.0 cm³/mol. The van der Waals surface area contributed by atoms with Gasteiger partial charge in [0.25, 0.3) is 0 Å². The normalized spacial score (nSPS) is 19.1. The molecule has 0 aliphatic carbocycles. The fraction of sp³-hybridized carbons (Fsp3) is 0.400. The number of nitrogens with one attached hydrogen (secondary N) is 1. The topological polar surface area (TPSA) is 32.3 Å². The Morgan fingerprint density at radius 2 is 2.35 bits per heavy atom. The van der Waals surface area contributed by atoms with Crippen molar-refractivity contribution in [2.45, 2.75) is 25.4 Å². The highest BCUT2D eigenvalue weighted by Gasteiger charge is 2.29. The smallest absolute Gasteiger partial charge is 0.222 e. The molecule has 1 aromatic carbocycles. The minimum Gasteiger partial charge on any atom is -0.383 e. The molecule has 1 heterocycles. The zero-order valence-electron chi connectivity index (χ0n) is 11.9. The van der Waals surface area contributed by atoms with Crippen molar-refractivity contribution in [2.75, 3.05) is 13.7 Å². The molecule has 108 valence electrons. The minimum atomic E-state index is -0.196. The lowest BCUT2D eigenvalue weighted by molar-refractivity contribution is -0.127. The highest BCUT2D eigenvalue weighted by Crippen LogP contribution is 2.21. The summed E-state index contributed by atoms with van der Waals surface area (Å²) in [4.78, 5) is 13.3. The van der Waals surface area contributed by atoms with E-state index in [1.807, 2.05) is 19.8 Å². The Kier molecular flexibility index (Phi) is 4.77. The number of carbonyl (C=O) groups is 1. The van der Waals surface area contributed by atoms with Crippen LogP contribution in [0.25, 0.3) is 0 Å². The number of halogens is 1. The maximum absolute atomic E-state index is 13.2. The number of amides is 1. The molecule has 1 aliphatic rings. The Morgan fingerprint density at radius 3 is 2.95 bits per heavy atom. The van der Waals surface area contributed by atoms with Crippen LogP contribution in [0.5, 0.6) is 0 Å². The summed E-state index contributed by atoms with van der Waals surface area (Å²) >= 11 is 0. The van der Waals surface area contributed by atoms with Crippen LogP contribution in [0.4, 0.5) is 4.39 Å². The molecular weight excluding hydrogens is 274 g/mol. The molecule has 0 radical (unpaired) electrons. The van der Waals surface area contributed by atoms with E-state index in [-0.39, 0.29) is 17.8 Å². The monoisotopic (exact) mass is 294 g/mol. The number of hydrogen-bond acceptors (Lipinski definition) is 2. The van der Waals surface area contributed by atoms with Gasteiger partial charge in [-0.15, -0.1) is 0 Å². The van der Waals surface area contributed by atoms with E-state index in [4.69, 9.17) is 0 Å². The van der Waals surface area contributed by atoms with Crippen molar-refractivity contribution in [2.24, 2.45) is 0 Å². The van der Waals surface area contributed by atoms with Gasteiger partial charge < -0.3 is 10.2 Å². The average Bonchev–Trinajstić information content (AvgIpc) is 2.77. The molecule has 1 saturated heterocycles. The van der Waals surface area contributed by atoms with E-state index in [9.17, 15) is 9.18 Å². The van der Waals surface area contributed by atoms with Gasteiger partial charge in [0.2, 0.25) is 5.91 Å². The molecule has 5 heteroatoms. The van der Waals surface area contributed by atoms with Gasteiger partial charge in [0, 0.05) is 25.7 Å². The van der Waals surface area contributed by atoms with Crippen molar-refractivity contribution < 1.29 is 9.18 Å². The molecule has 2 rings (SSSR count). The molecule has 1 fully saturated rings. The van der Waals surface area contributed by atoms with Crippen molar-refractivity contribution in [3.8, 4) is 0 Å². The summed E-state index contributed by atoms with van der Waals surface area (Å²) in [5.74, 6) is -0.0338. The summed E-state index contributed by atoms with van der Waals surface area (Å²) in [6, 6.07) is 4.94. The number of likely N-dealkylation sites (N-methyl/N-ethyl adjacent to an activating group) is 1. The predicted octanol–water partition coefficient (Wildman–Crippen LogP) is 1.98. The lowest BCUT2D eigenvalue weighted by Gasteiger charge is -2.23. The second-order valence-electron chi connectivity index (χ2n) is 4.99. The largest absolute Gasteiger partial charge is 0.383 e. The summed E-state index contributed by atoms with van der Waals surface area (Å²) in [5.41, 5.74) is 1.94. The number of hydrogen-bond donors (Lipinski definition) is 1. The van der Waals surface area contributed by atoms with Crippen molar-refractivity contribution in [3.63, 3.8) is 0 Å². The van der Waals surface area contributed by atoms with Gasteiger partial charge in [0.15, 0.2) is 0 Å². The molecule has 20 heavy (non-hydrogen) atoms. The first-order chi connectivity index (χ1) is 9.52. The first-order valence-electron chi connectivity index (χ1n) is 6.67. The maximum Gasteiger partial charge on any atom is 0.222 e. The van der Waals surface area contributed by atoms with E-state index in [1.54, 1.807) is 11.0 Å². The van der Waals surface area contributed by atoms with Gasteiger partial charge in [-0.1, -0.05) is 21.2 Å². The van der Waals surface area contributed by atoms with Crippen molar-refractivity contribution >= 4 is 19.8 Å². The molecule has 1 aliphatic heterocycles. The Labute approximate surface area is 121 Å². The molecular formula is C15H20FN2OP. The van der Waals surface area contributed by atoms with Gasteiger partial charge >= 0.3 is 0 Å². The quantitative estimate of drug-likeness (QED) is 0.842. The van der Waals surface area contributed by atoms with Crippen LogP contribution in [0.1, 0.15) is 18.4 Å². The molecule has 2 unspecified atom stereocenters. The van der Waals surface area contributed by atoms with Gasteiger partial charge in [-0.05, 0) is 36.1 Å². The zero-order chi connectivity index (χ0) is 14.7. The zero-order valence-corrected chi connectivity index (χ0v) is 12.9. The molecule has 0 bridgehead atoms.